The number of hydrogen-bond acceptors (Lipinski definition) is 3. The van der Waals surface area contributed by atoms with Gasteiger partial charge in [-0.05, 0) is 31.5 Å². The van der Waals surface area contributed by atoms with Gasteiger partial charge in [-0.1, -0.05) is 6.92 Å². The van der Waals surface area contributed by atoms with Gasteiger partial charge in [-0.15, -0.1) is 11.6 Å². The summed E-state index contributed by atoms with van der Waals surface area (Å²) in [7, 11) is 0. The second kappa shape index (κ2) is 5.83. The zero-order chi connectivity index (χ0) is 13.0. The van der Waals surface area contributed by atoms with Crippen LogP contribution in [0.2, 0.25) is 0 Å². The van der Waals surface area contributed by atoms with Crippen LogP contribution in [0.3, 0.4) is 0 Å². The van der Waals surface area contributed by atoms with E-state index in [-0.39, 0.29) is 0 Å². The lowest BCUT2D eigenvalue weighted by molar-refractivity contribution is 0.466. The molecule has 0 radical (unpaired) electrons. The van der Waals surface area contributed by atoms with Gasteiger partial charge >= 0.3 is 0 Å². The highest BCUT2D eigenvalue weighted by Gasteiger charge is 2.08. The number of ether oxygens (including phenoxy) is 1. The smallest absolute Gasteiger partial charge is 0.150 e. The molecule has 0 saturated heterocycles. The normalized spacial score (nSPS) is 10.4. The van der Waals surface area contributed by atoms with Crippen LogP contribution in [0.15, 0.2) is 30.6 Å². The number of rotatable bonds is 4. The highest BCUT2D eigenvalue weighted by molar-refractivity contribution is 6.17. The van der Waals surface area contributed by atoms with Gasteiger partial charge in [0, 0.05) is 17.5 Å². The molecule has 2 aromatic heterocycles. The van der Waals surface area contributed by atoms with Crippen molar-refractivity contribution in [2.75, 3.05) is 0 Å². The van der Waals surface area contributed by atoms with E-state index in [4.69, 9.17) is 16.3 Å². The van der Waals surface area contributed by atoms with Crippen molar-refractivity contribution in [2.24, 2.45) is 0 Å². The number of aromatic nitrogens is 2. The third-order valence-electron chi connectivity index (χ3n) is 2.64. The molecule has 3 nitrogen and oxygen atoms in total. The minimum absolute atomic E-state index is 0.401. The largest absolute Gasteiger partial charge is 0.453 e. The summed E-state index contributed by atoms with van der Waals surface area (Å²) in [6.45, 7) is 4.03. The maximum Gasteiger partial charge on any atom is 0.150 e. The van der Waals surface area contributed by atoms with E-state index < -0.39 is 0 Å². The van der Waals surface area contributed by atoms with Crippen molar-refractivity contribution in [1.82, 2.24) is 9.97 Å². The molecule has 0 aromatic carbocycles. The van der Waals surface area contributed by atoms with E-state index in [0.29, 0.717) is 11.6 Å². The fourth-order valence-electron chi connectivity index (χ4n) is 1.67. The van der Waals surface area contributed by atoms with Crippen LogP contribution in [-0.2, 0) is 12.3 Å². The molecular formula is C14H15ClN2O. The SMILES string of the molecule is CCc1nc(C)ccc1Oc1cnccc1CCl. The minimum atomic E-state index is 0.401. The molecule has 0 unspecified atom stereocenters. The Morgan fingerprint density at radius 3 is 2.78 bits per heavy atom. The fraction of sp³-hybridized carbons (Fsp3) is 0.286. The lowest BCUT2D eigenvalue weighted by Crippen LogP contribution is -1.97. The number of hydrogen-bond donors (Lipinski definition) is 0. The second-order valence-electron chi connectivity index (χ2n) is 3.97. The van der Waals surface area contributed by atoms with Crippen LogP contribution in [0.4, 0.5) is 0 Å². The predicted molar refractivity (Wildman–Crippen MR) is 72.2 cm³/mol. The molecular weight excluding hydrogens is 248 g/mol. The predicted octanol–water partition coefficient (Wildman–Crippen LogP) is 3.88. The van der Waals surface area contributed by atoms with Crippen LogP contribution in [0.5, 0.6) is 11.5 Å². The van der Waals surface area contributed by atoms with Gasteiger partial charge in [0.1, 0.15) is 11.5 Å². The molecule has 0 atom stereocenters. The van der Waals surface area contributed by atoms with Gasteiger partial charge in [0.15, 0.2) is 0 Å². The molecule has 18 heavy (non-hydrogen) atoms. The second-order valence-corrected chi connectivity index (χ2v) is 4.24. The van der Waals surface area contributed by atoms with Crippen LogP contribution in [0.25, 0.3) is 0 Å². The molecule has 0 aliphatic carbocycles. The Morgan fingerprint density at radius 1 is 1.22 bits per heavy atom. The van der Waals surface area contributed by atoms with E-state index >= 15 is 0 Å². The minimum Gasteiger partial charge on any atom is -0.453 e. The number of nitrogens with zero attached hydrogens (tertiary/aromatic N) is 2. The van der Waals surface area contributed by atoms with Gasteiger partial charge in [-0.3, -0.25) is 9.97 Å². The maximum atomic E-state index is 5.87. The summed E-state index contributed by atoms with van der Waals surface area (Å²) in [6, 6.07) is 5.73. The summed E-state index contributed by atoms with van der Waals surface area (Å²) in [6.07, 6.45) is 4.21. The van der Waals surface area contributed by atoms with Crippen molar-refractivity contribution in [1.29, 1.82) is 0 Å². The van der Waals surface area contributed by atoms with E-state index in [1.165, 1.54) is 0 Å². The Labute approximate surface area is 112 Å². The van der Waals surface area contributed by atoms with Gasteiger partial charge in [-0.25, -0.2) is 0 Å². The third kappa shape index (κ3) is 2.79. The van der Waals surface area contributed by atoms with Crippen molar-refractivity contribution >= 4 is 11.6 Å². The lowest BCUT2D eigenvalue weighted by atomic mass is 10.2. The first-order valence-electron chi connectivity index (χ1n) is 5.87. The monoisotopic (exact) mass is 262 g/mol. The summed E-state index contributed by atoms with van der Waals surface area (Å²) >= 11 is 5.87. The van der Waals surface area contributed by atoms with E-state index in [2.05, 4.69) is 16.9 Å². The van der Waals surface area contributed by atoms with Crippen molar-refractivity contribution in [3.63, 3.8) is 0 Å². The molecule has 0 N–H and O–H groups in total. The fourth-order valence-corrected chi connectivity index (χ4v) is 1.89. The van der Waals surface area contributed by atoms with E-state index in [9.17, 15) is 0 Å². The van der Waals surface area contributed by atoms with Gasteiger partial charge in [0.25, 0.3) is 0 Å². The van der Waals surface area contributed by atoms with Crippen LogP contribution < -0.4 is 4.74 Å². The quantitative estimate of drug-likeness (QED) is 0.785. The molecule has 4 heteroatoms. The Kier molecular flexibility index (Phi) is 4.15. The summed E-state index contributed by atoms with van der Waals surface area (Å²) in [4.78, 5) is 8.52. The first-order chi connectivity index (χ1) is 8.74. The summed E-state index contributed by atoms with van der Waals surface area (Å²) in [5.41, 5.74) is 2.86. The van der Waals surface area contributed by atoms with Gasteiger partial charge in [0.2, 0.25) is 0 Å². The number of pyridine rings is 2. The summed E-state index contributed by atoms with van der Waals surface area (Å²) < 4.78 is 5.87. The molecule has 2 heterocycles. The average Bonchev–Trinajstić information content (AvgIpc) is 2.41. The third-order valence-corrected chi connectivity index (χ3v) is 2.93. The molecule has 94 valence electrons. The van der Waals surface area contributed by atoms with Gasteiger partial charge < -0.3 is 4.74 Å². The first kappa shape index (κ1) is 12.8. The number of aryl methyl sites for hydroxylation is 2. The van der Waals surface area contributed by atoms with Crippen molar-refractivity contribution in [3.8, 4) is 11.5 Å². The first-order valence-corrected chi connectivity index (χ1v) is 6.41. The van der Waals surface area contributed by atoms with Crippen molar-refractivity contribution < 1.29 is 4.74 Å². The van der Waals surface area contributed by atoms with E-state index in [1.54, 1.807) is 12.4 Å². The molecule has 0 aliphatic rings. The topological polar surface area (TPSA) is 35.0 Å². The lowest BCUT2D eigenvalue weighted by Gasteiger charge is -2.11. The Balaban J connectivity index is 2.33. The maximum absolute atomic E-state index is 5.87. The van der Waals surface area contributed by atoms with E-state index in [0.717, 1.165) is 29.1 Å². The molecule has 0 bridgehead atoms. The van der Waals surface area contributed by atoms with Gasteiger partial charge in [0.05, 0.1) is 17.8 Å². The molecule has 2 rings (SSSR count). The highest BCUT2D eigenvalue weighted by atomic mass is 35.5. The zero-order valence-corrected chi connectivity index (χ0v) is 11.2. The number of halogens is 1. The molecule has 0 saturated carbocycles. The van der Waals surface area contributed by atoms with E-state index in [1.807, 2.05) is 25.1 Å². The Morgan fingerprint density at radius 2 is 2.06 bits per heavy atom. The average molecular weight is 263 g/mol. The standard InChI is InChI=1S/C14H15ClN2O/c1-3-12-13(5-4-10(2)17-12)18-14-9-16-7-6-11(14)8-15/h4-7,9H,3,8H2,1-2H3. The molecule has 0 spiro atoms. The summed E-state index contributed by atoms with van der Waals surface area (Å²) in [5.74, 6) is 1.86. The molecule has 0 amide bonds. The van der Waals surface area contributed by atoms with Crippen molar-refractivity contribution in [3.05, 3.63) is 47.5 Å². The molecule has 0 fully saturated rings. The number of alkyl halides is 1. The van der Waals surface area contributed by atoms with Crippen LogP contribution in [-0.4, -0.2) is 9.97 Å². The Bertz CT molecular complexity index is 543. The Hall–Kier alpha value is -1.61. The molecule has 0 aliphatic heterocycles. The zero-order valence-electron chi connectivity index (χ0n) is 10.5. The molecule has 2 aromatic rings. The summed E-state index contributed by atoms with van der Waals surface area (Å²) in [5, 5.41) is 0. The highest BCUT2D eigenvalue weighted by Crippen LogP contribution is 2.27. The van der Waals surface area contributed by atoms with Crippen molar-refractivity contribution in [2.45, 2.75) is 26.1 Å². The van der Waals surface area contributed by atoms with Crippen LogP contribution in [0.1, 0.15) is 23.9 Å². The van der Waals surface area contributed by atoms with Crippen LogP contribution in [0, 0.1) is 6.92 Å². The van der Waals surface area contributed by atoms with Gasteiger partial charge in [-0.2, -0.15) is 0 Å². The van der Waals surface area contributed by atoms with Crippen LogP contribution >= 0.6 is 11.6 Å².